The second-order valence-corrected chi connectivity index (χ2v) is 12.6. The van der Waals surface area contributed by atoms with Gasteiger partial charge in [-0.2, -0.15) is 0 Å². The van der Waals surface area contributed by atoms with Crippen molar-refractivity contribution in [3.63, 3.8) is 0 Å². The van der Waals surface area contributed by atoms with Gasteiger partial charge in [0.25, 0.3) is 0 Å². The monoisotopic (exact) mass is 668 g/mol. The molecule has 258 valence electrons. The number of methoxy groups -OCH3 is 4. The van der Waals surface area contributed by atoms with Crippen LogP contribution in [0.3, 0.4) is 0 Å². The Kier molecular flexibility index (Phi) is 10.4. The van der Waals surface area contributed by atoms with E-state index in [2.05, 4.69) is 9.97 Å². The third-order valence-electron chi connectivity index (χ3n) is 8.39. The van der Waals surface area contributed by atoms with Gasteiger partial charge in [-0.1, -0.05) is 12.1 Å². The summed E-state index contributed by atoms with van der Waals surface area (Å²) in [6.45, 7) is 7.33. The first-order chi connectivity index (χ1) is 23.4. The highest BCUT2D eigenvalue weighted by Crippen LogP contribution is 2.38. The van der Waals surface area contributed by atoms with Gasteiger partial charge in [0, 0.05) is 5.56 Å². The Bertz CT molecular complexity index is 1710. The second-order valence-electron chi connectivity index (χ2n) is 12.6. The minimum atomic E-state index is -0.939. The first kappa shape index (κ1) is 35.1. The molecule has 0 saturated carbocycles. The van der Waals surface area contributed by atoms with Crippen molar-refractivity contribution in [1.29, 1.82) is 0 Å². The molecular weight excluding hydrogens is 624 g/mol. The van der Waals surface area contributed by atoms with Crippen molar-refractivity contribution >= 4 is 0 Å². The molecule has 0 aliphatic carbocycles. The normalized spacial score (nSPS) is 12.9. The van der Waals surface area contributed by atoms with Gasteiger partial charge in [0.05, 0.1) is 40.3 Å². The average Bonchev–Trinajstić information content (AvgIpc) is 3.61. The van der Waals surface area contributed by atoms with Crippen molar-refractivity contribution < 1.29 is 38.6 Å². The minimum absolute atomic E-state index is 0.535. The molecule has 2 atom stereocenters. The summed E-state index contributed by atoms with van der Waals surface area (Å²) >= 11 is 0. The fraction of sp³-hybridized carbons (Fsp3) is 0.308. The number of aromatic nitrogens is 2. The Morgan fingerprint density at radius 3 is 1.37 bits per heavy atom. The Hall–Kier alpha value is -5.19. The zero-order chi connectivity index (χ0) is 35.3. The fourth-order valence-corrected chi connectivity index (χ4v) is 5.57. The number of rotatable bonds is 14. The van der Waals surface area contributed by atoms with E-state index in [0.29, 0.717) is 51.4 Å². The fourth-order valence-electron chi connectivity index (χ4n) is 5.57. The van der Waals surface area contributed by atoms with E-state index >= 15 is 0 Å². The number of benzene rings is 4. The van der Waals surface area contributed by atoms with Crippen LogP contribution in [0.1, 0.15) is 51.0 Å². The number of aliphatic hydroxyl groups is 2. The molecule has 1 heterocycles. The molecule has 2 unspecified atom stereocenters. The maximum absolute atomic E-state index is 11.2. The summed E-state index contributed by atoms with van der Waals surface area (Å²) in [4.78, 5) is 7.97. The maximum Gasteiger partial charge on any atom is 0.161 e. The number of ether oxygens (including phenoxy) is 6. The van der Waals surface area contributed by atoms with Crippen molar-refractivity contribution in [2.24, 2.45) is 0 Å². The first-order valence-electron chi connectivity index (χ1n) is 15.8. The zero-order valence-corrected chi connectivity index (χ0v) is 29.1. The molecule has 0 saturated heterocycles. The van der Waals surface area contributed by atoms with Gasteiger partial charge in [0.2, 0.25) is 0 Å². The molecule has 3 N–H and O–H groups in total. The Labute approximate surface area is 287 Å². The van der Waals surface area contributed by atoms with Crippen LogP contribution in [0.2, 0.25) is 0 Å². The van der Waals surface area contributed by atoms with Crippen molar-refractivity contribution in [3.05, 3.63) is 102 Å². The van der Waals surface area contributed by atoms with Crippen LogP contribution in [0.15, 0.2) is 91.1 Å². The average molecular weight is 669 g/mol. The van der Waals surface area contributed by atoms with Crippen molar-refractivity contribution in [2.45, 2.75) is 51.1 Å². The Morgan fingerprint density at radius 2 is 0.959 bits per heavy atom. The smallest absolute Gasteiger partial charge is 0.161 e. The van der Waals surface area contributed by atoms with Crippen LogP contribution in [0.4, 0.5) is 0 Å². The molecule has 0 spiro atoms. The van der Waals surface area contributed by atoms with Crippen molar-refractivity contribution in [3.8, 4) is 57.1 Å². The lowest BCUT2D eigenvalue weighted by molar-refractivity contribution is -0.0302. The van der Waals surface area contributed by atoms with Gasteiger partial charge < -0.3 is 43.6 Å². The van der Waals surface area contributed by atoms with Crippen LogP contribution in [0.5, 0.6) is 34.5 Å². The number of nitrogens with zero attached hydrogens (tertiary/aromatic N) is 1. The molecule has 5 aromatic rings. The van der Waals surface area contributed by atoms with Gasteiger partial charge in [0.1, 0.15) is 40.7 Å². The SMILES string of the molecule is COc1ccc(C(O)C(C)(C)Oc2ccc(-c3cnc(-c4ccc(OC(C)(C)C(O)c5ccc(OC)c(OC)c5)cc4)[nH]3)cc2)cc1OC. The number of nitrogens with one attached hydrogen (secondary N) is 1. The summed E-state index contributed by atoms with van der Waals surface area (Å²) in [5.41, 5.74) is 2.07. The number of H-pyrrole nitrogens is 1. The molecule has 49 heavy (non-hydrogen) atoms. The van der Waals surface area contributed by atoms with Gasteiger partial charge in [0.15, 0.2) is 23.0 Å². The molecule has 10 nitrogen and oxygen atoms in total. The van der Waals surface area contributed by atoms with E-state index in [9.17, 15) is 10.2 Å². The zero-order valence-electron chi connectivity index (χ0n) is 29.1. The van der Waals surface area contributed by atoms with Crippen molar-refractivity contribution in [1.82, 2.24) is 9.97 Å². The Morgan fingerprint density at radius 1 is 0.551 bits per heavy atom. The summed E-state index contributed by atoms with van der Waals surface area (Å²) in [5, 5.41) is 22.3. The number of hydrogen-bond donors (Lipinski definition) is 3. The largest absolute Gasteiger partial charge is 0.493 e. The quantitative estimate of drug-likeness (QED) is 0.110. The summed E-state index contributed by atoms with van der Waals surface area (Å²) in [7, 11) is 6.26. The van der Waals surface area contributed by atoms with Crippen LogP contribution in [0, 0.1) is 0 Å². The van der Waals surface area contributed by atoms with Gasteiger partial charge >= 0.3 is 0 Å². The molecule has 0 aliphatic heterocycles. The summed E-state index contributed by atoms with van der Waals surface area (Å²) in [5.74, 6) is 4.16. The number of aromatic amines is 1. The predicted molar refractivity (Wildman–Crippen MR) is 188 cm³/mol. The van der Waals surface area contributed by atoms with E-state index < -0.39 is 23.4 Å². The number of hydrogen-bond acceptors (Lipinski definition) is 9. The lowest BCUT2D eigenvalue weighted by atomic mass is 9.94. The van der Waals surface area contributed by atoms with E-state index in [0.717, 1.165) is 16.8 Å². The highest BCUT2D eigenvalue weighted by Gasteiger charge is 2.33. The van der Waals surface area contributed by atoms with E-state index in [-0.39, 0.29) is 0 Å². The molecule has 1 aromatic heterocycles. The molecule has 0 fully saturated rings. The van der Waals surface area contributed by atoms with Crippen LogP contribution in [-0.4, -0.2) is 59.8 Å². The molecule has 0 amide bonds. The van der Waals surface area contributed by atoms with Gasteiger partial charge in [-0.3, -0.25) is 0 Å². The highest BCUT2D eigenvalue weighted by atomic mass is 16.5. The molecule has 4 aromatic carbocycles. The highest BCUT2D eigenvalue weighted by molar-refractivity contribution is 5.65. The molecule has 5 rings (SSSR count). The van der Waals surface area contributed by atoms with Crippen LogP contribution < -0.4 is 28.4 Å². The van der Waals surface area contributed by atoms with E-state index in [1.807, 2.05) is 76.2 Å². The molecular formula is C39H44N2O8. The lowest BCUT2D eigenvalue weighted by Gasteiger charge is -2.32. The van der Waals surface area contributed by atoms with Crippen LogP contribution in [-0.2, 0) is 0 Å². The van der Waals surface area contributed by atoms with Gasteiger partial charge in [-0.05, 0) is 117 Å². The van der Waals surface area contributed by atoms with Crippen molar-refractivity contribution in [2.75, 3.05) is 28.4 Å². The minimum Gasteiger partial charge on any atom is -0.493 e. The topological polar surface area (TPSA) is 125 Å². The van der Waals surface area contributed by atoms with Gasteiger partial charge in [-0.25, -0.2) is 4.98 Å². The lowest BCUT2D eigenvalue weighted by Crippen LogP contribution is -2.36. The summed E-state index contributed by atoms with van der Waals surface area (Å²) < 4.78 is 33.9. The van der Waals surface area contributed by atoms with E-state index in [4.69, 9.17) is 28.4 Å². The third-order valence-corrected chi connectivity index (χ3v) is 8.39. The molecule has 0 radical (unpaired) electrons. The Balaban J connectivity index is 1.23. The van der Waals surface area contributed by atoms with Crippen LogP contribution in [0.25, 0.3) is 22.6 Å². The molecule has 0 bridgehead atoms. The standard InChI is InChI=1S/C39H44N2O8/c1-38(2,35(42)26-13-19-31(44-5)33(21-26)46-7)48-28-15-9-24(10-16-28)30-23-40-37(41-30)25-11-17-29(18-12-25)49-39(3,4)36(43)27-14-20-32(45-6)34(22-27)47-8/h9-23,35-36,42-43H,1-8H3,(H,40,41). The molecule has 0 aliphatic rings. The third kappa shape index (κ3) is 7.77. The van der Waals surface area contributed by atoms with Gasteiger partial charge in [-0.15, -0.1) is 0 Å². The second kappa shape index (κ2) is 14.5. The number of imidazole rings is 1. The predicted octanol–water partition coefficient (Wildman–Crippen LogP) is 7.56. The number of aliphatic hydroxyl groups excluding tert-OH is 2. The first-order valence-corrected chi connectivity index (χ1v) is 15.8. The van der Waals surface area contributed by atoms with Crippen LogP contribution >= 0.6 is 0 Å². The summed E-state index contributed by atoms with van der Waals surface area (Å²) in [6.07, 6.45) is -0.0685. The molecule has 10 heteroatoms. The summed E-state index contributed by atoms with van der Waals surface area (Å²) in [6, 6.07) is 25.8. The van der Waals surface area contributed by atoms with E-state index in [1.165, 1.54) is 0 Å². The van der Waals surface area contributed by atoms with E-state index in [1.54, 1.807) is 71.0 Å². The maximum atomic E-state index is 11.2.